The van der Waals surface area contributed by atoms with Crippen LogP contribution < -0.4 is 16.4 Å². The van der Waals surface area contributed by atoms with E-state index in [4.69, 9.17) is 5.73 Å². The van der Waals surface area contributed by atoms with Crippen molar-refractivity contribution in [3.63, 3.8) is 0 Å². The average Bonchev–Trinajstić information content (AvgIpc) is 2.66. The van der Waals surface area contributed by atoms with E-state index in [1.165, 1.54) is 24.3 Å². The van der Waals surface area contributed by atoms with Crippen LogP contribution in [-0.4, -0.2) is 30.8 Å². The molecule has 2 aromatic rings. The monoisotopic (exact) mass is 371 g/mol. The Kier molecular flexibility index (Phi) is 7.49. The molecule has 0 saturated carbocycles. The number of hydrogen-bond donors (Lipinski definition) is 3. The molecule has 0 saturated heterocycles. The minimum atomic E-state index is -0.483. The van der Waals surface area contributed by atoms with Crippen LogP contribution in [0.15, 0.2) is 48.5 Å². The van der Waals surface area contributed by atoms with Gasteiger partial charge in [0.15, 0.2) is 0 Å². The Morgan fingerprint density at radius 2 is 1.67 bits per heavy atom. The van der Waals surface area contributed by atoms with Gasteiger partial charge in [-0.2, -0.15) is 0 Å². The first-order chi connectivity index (χ1) is 13.0. The van der Waals surface area contributed by atoms with E-state index in [9.17, 15) is 18.8 Å². The summed E-state index contributed by atoms with van der Waals surface area (Å²) in [4.78, 5) is 34.8. The maximum absolute atomic E-state index is 12.8. The fourth-order valence-electron chi connectivity index (χ4n) is 2.47. The standard InChI is InChI=1S/C20H22FN3O3/c21-17-8-6-15(7-9-17)20(27)24-11-2-5-18(25)23-12-10-14-3-1-4-16(13-14)19(22)26/h1,3-4,6-9,13H,2,5,10-12H2,(H2,22,26)(H,23,25)(H,24,27). The Bertz CT molecular complexity index is 806. The number of amides is 3. The topological polar surface area (TPSA) is 101 Å². The van der Waals surface area contributed by atoms with Gasteiger partial charge in [-0.25, -0.2) is 4.39 Å². The Hall–Kier alpha value is -3.22. The van der Waals surface area contributed by atoms with Crippen molar-refractivity contribution < 1.29 is 18.8 Å². The second kappa shape index (κ2) is 10.1. The van der Waals surface area contributed by atoms with Crippen molar-refractivity contribution in [1.29, 1.82) is 0 Å². The molecule has 27 heavy (non-hydrogen) atoms. The highest BCUT2D eigenvalue weighted by Crippen LogP contribution is 2.05. The van der Waals surface area contributed by atoms with Crippen LogP contribution in [-0.2, 0) is 11.2 Å². The molecule has 7 heteroatoms. The van der Waals surface area contributed by atoms with Gasteiger partial charge in [0.05, 0.1) is 0 Å². The summed E-state index contributed by atoms with van der Waals surface area (Å²) in [7, 11) is 0. The second-order valence-electron chi connectivity index (χ2n) is 6.03. The van der Waals surface area contributed by atoms with Crippen molar-refractivity contribution in [2.24, 2.45) is 5.73 Å². The molecule has 0 spiro atoms. The molecule has 0 heterocycles. The lowest BCUT2D eigenvalue weighted by atomic mass is 10.1. The van der Waals surface area contributed by atoms with E-state index in [0.717, 1.165) is 5.56 Å². The molecule has 0 aliphatic rings. The lowest BCUT2D eigenvalue weighted by Gasteiger charge is -2.07. The fourth-order valence-corrected chi connectivity index (χ4v) is 2.47. The fraction of sp³-hybridized carbons (Fsp3) is 0.250. The van der Waals surface area contributed by atoms with Crippen molar-refractivity contribution >= 4 is 17.7 Å². The van der Waals surface area contributed by atoms with Gasteiger partial charge >= 0.3 is 0 Å². The normalized spacial score (nSPS) is 10.3. The maximum atomic E-state index is 12.8. The summed E-state index contributed by atoms with van der Waals surface area (Å²) in [6.07, 6.45) is 1.37. The van der Waals surface area contributed by atoms with E-state index in [-0.39, 0.29) is 18.2 Å². The third-order valence-corrected chi connectivity index (χ3v) is 3.92. The van der Waals surface area contributed by atoms with E-state index in [2.05, 4.69) is 10.6 Å². The first kappa shape index (κ1) is 20.1. The minimum absolute atomic E-state index is 0.114. The van der Waals surface area contributed by atoms with E-state index < -0.39 is 11.7 Å². The van der Waals surface area contributed by atoms with Crippen LogP contribution in [0.3, 0.4) is 0 Å². The molecule has 0 bridgehead atoms. The predicted octanol–water partition coefficient (Wildman–Crippen LogP) is 1.79. The number of carbonyl (C=O) groups is 3. The van der Waals surface area contributed by atoms with Crippen LogP contribution in [0.4, 0.5) is 4.39 Å². The van der Waals surface area contributed by atoms with Crippen LogP contribution in [0.2, 0.25) is 0 Å². The number of carbonyl (C=O) groups excluding carboxylic acids is 3. The number of nitrogens with one attached hydrogen (secondary N) is 2. The number of halogens is 1. The van der Waals surface area contributed by atoms with Gasteiger partial charge in [-0.3, -0.25) is 14.4 Å². The molecule has 0 radical (unpaired) electrons. The smallest absolute Gasteiger partial charge is 0.251 e. The lowest BCUT2D eigenvalue weighted by molar-refractivity contribution is -0.121. The quantitative estimate of drug-likeness (QED) is 0.586. The van der Waals surface area contributed by atoms with Gasteiger partial charge in [-0.05, 0) is 54.8 Å². The molecule has 0 aliphatic carbocycles. The summed E-state index contributed by atoms with van der Waals surface area (Å²) in [6, 6.07) is 12.2. The molecule has 0 aromatic heterocycles. The molecule has 2 aromatic carbocycles. The number of nitrogens with two attached hydrogens (primary N) is 1. The first-order valence-electron chi connectivity index (χ1n) is 8.65. The van der Waals surface area contributed by atoms with Crippen molar-refractivity contribution in [2.75, 3.05) is 13.1 Å². The molecule has 142 valence electrons. The number of hydrogen-bond acceptors (Lipinski definition) is 3. The molecule has 6 nitrogen and oxygen atoms in total. The van der Waals surface area contributed by atoms with E-state index >= 15 is 0 Å². The molecule has 3 amide bonds. The zero-order valence-corrected chi connectivity index (χ0v) is 14.8. The number of rotatable bonds is 9. The Morgan fingerprint density at radius 1 is 0.926 bits per heavy atom. The summed E-state index contributed by atoms with van der Waals surface area (Å²) in [6.45, 7) is 0.799. The Morgan fingerprint density at radius 3 is 2.37 bits per heavy atom. The highest BCUT2D eigenvalue weighted by Gasteiger charge is 2.06. The Labute approximate surface area is 156 Å². The van der Waals surface area contributed by atoms with E-state index in [1.54, 1.807) is 18.2 Å². The van der Waals surface area contributed by atoms with Gasteiger partial charge in [0.25, 0.3) is 5.91 Å². The maximum Gasteiger partial charge on any atom is 0.251 e. The summed E-state index contributed by atoms with van der Waals surface area (Å²) in [5, 5.41) is 5.48. The molecule has 0 atom stereocenters. The number of primary amides is 1. The van der Waals surface area contributed by atoms with Crippen molar-refractivity contribution in [1.82, 2.24) is 10.6 Å². The number of benzene rings is 2. The van der Waals surface area contributed by atoms with Gasteiger partial charge in [0.1, 0.15) is 5.82 Å². The molecule has 2 rings (SSSR count). The SMILES string of the molecule is NC(=O)c1cccc(CCNC(=O)CCCNC(=O)c2ccc(F)cc2)c1. The summed E-state index contributed by atoms with van der Waals surface area (Å²) < 4.78 is 12.8. The average molecular weight is 371 g/mol. The van der Waals surface area contributed by atoms with Crippen LogP contribution in [0, 0.1) is 5.82 Å². The molecule has 0 fully saturated rings. The summed E-state index contributed by atoms with van der Waals surface area (Å²) in [5.41, 5.74) is 6.97. The van der Waals surface area contributed by atoms with Crippen molar-refractivity contribution in [3.8, 4) is 0 Å². The van der Waals surface area contributed by atoms with Crippen LogP contribution in [0.25, 0.3) is 0 Å². The summed E-state index contributed by atoms with van der Waals surface area (Å²) in [5.74, 6) is -1.30. The molecular weight excluding hydrogens is 349 g/mol. The first-order valence-corrected chi connectivity index (χ1v) is 8.65. The van der Waals surface area contributed by atoms with Crippen LogP contribution in [0.1, 0.15) is 39.1 Å². The predicted molar refractivity (Wildman–Crippen MR) is 99.6 cm³/mol. The largest absolute Gasteiger partial charge is 0.366 e. The minimum Gasteiger partial charge on any atom is -0.366 e. The zero-order valence-electron chi connectivity index (χ0n) is 14.8. The van der Waals surface area contributed by atoms with Crippen molar-refractivity contribution in [2.45, 2.75) is 19.3 Å². The second-order valence-corrected chi connectivity index (χ2v) is 6.03. The third-order valence-electron chi connectivity index (χ3n) is 3.92. The molecule has 4 N–H and O–H groups in total. The highest BCUT2D eigenvalue weighted by atomic mass is 19.1. The van der Waals surface area contributed by atoms with Gasteiger partial charge in [-0.15, -0.1) is 0 Å². The molecule has 0 aliphatic heterocycles. The highest BCUT2D eigenvalue weighted by molar-refractivity contribution is 5.94. The van der Waals surface area contributed by atoms with E-state index in [0.29, 0.717) is 37.1 Å². The Balaban J connectivity index is 1.62. The third kappa shape index (κ3) is 6.89. The van der Waals surface area contributed by atoms with Crippen LogP contribution >= 0.6 is 0 Å². The van der Waals surface area contributed by atoms with Gasteiger partial charge in [0.2, 0.25) is 11.8 Å². The molecular formula is C20H22FN3O3. The van der Waals surface area contributed by atoms with Crippen molar-refractivity contribution in [3.05, 3.63) is 71.0 Å². The van der Waals surface area contributed by atoms with Gasteiger partial charge in [-0.1, -0.05) is 12.1 Å². The lowest BCUT2D eigenvalue weighted by Crippen LogP contribution is -2.28. The summed E-state index contributed by atoms with van der Waals surface area (Å²) >= 11 is 0. The van der Waals surface area contributed by atoms with E-state index in [1.807, 2.05) is 6.07 Å². The van der Waals surface area contributed by atoms with Crippen LogP contribution in [0.5, 0.6) is 0 Å². The molecule has 0 unspecified atom stereocenters. The zero-order chi connectivity index (χ0) is 19.6. The van der Waals surface area contributed by atoms with Gasteiger partial charge in [0, 0.05) is 30.6 Å². The van der Waals surface area contributed by atoms with Gasteiger partial charge < -0.3 is 16.4 Å².